The molecule has 1 saturated heterocycles. The van der Waals surface area contributed by atoms with Gasteiger partial charge in [0.25, 0.3) is 5.78 Å². The molecule has 1 N–H and O–H groups in total. The molecule has 8 heteroatoms. The van der Waals surface area contributed by atoms with Crippen molar-refractivity contribution in [2.75, 3.05) is 4.90 Å². The average Bonchev–Trinajstić information content (AvgIpc) is 3.51. The van der Waals surface area contributed by atoms with Crippen LogP contribution in [0.1, 0.15) is 35.2 Å². The van der Waals surface area contributed by atoms with Crippen LogP contribution >= 0.6 is 11.3 Å². The number of aryl methyl sites for hydroxylation is 1. The predicted octanol–water partition coefficient (Wildman–Crippen LogP) is 5.69. The standard InChI is InChI=1S/C28H21FN2O4S/c1-14-7-9-20-22(11-14)36-28(30-20)31-24(18-5-3-4-6-19(18)29)23(26(33)27(31)34)25(32)16-8-10-21-17(13-16)12-15(2)35-21/h3-11,13,15,24,32H,12H2,1-2H3/t15-,24-/m1/s1. The van der Waals surface area contributed by atoms with E-state index >= 15 is 4.39 Å². The zero-order chi connectivity index (χ0) is 25.1. The maximum Gasteiger partial charge on any atom is 0.301 e. The van der Waals surface area contributed by atoms with E-state index in [1.165, 1.54) is 34.4 Å². The van der Waals surface area contributed by atoms with Crippen LogP contribution in [0.3, 0.4) is 0 Å². The second kappa shape index (κ2) is 8.27. The summed E-state index contributed by atoms with van der Waals surface area (Å²) < 4.78 is 21.7. The molecule has 0 bridgehead atoms. The molecule has 6 rings (SSSR count). The van der Waals surface area contributed by atoms with Gasteiger partial charge >= 0.3 is 5.91 Å². The van der Waals surface area contributed by atoms with Crippen molar-refractivity contribution in [3.8, 4) is 5.75 Å². The zero-order valence-electron chi connectivity index (χ0n) is 19.5. The summed E-state index contributed by atoms with van der Waals surface area (Å²) in [5.74, 6) is -1.98. The smallest absolute Gasteiger partial charge is 0.301 e. The molecule has 2 atom stereocenters. The number of hydrogen-bond donors (Lipinski definition) is 1. The molecule has 3 aromatic carbocycles. The first-order chi connectivity index (χ1) is 17.3. The van der Waals surface area contributed by atoms with Crippen molar-refractivity contribution in [2.24, 2.45) is 0 Å². The van der Waals surface area contributed by atoms with Gasteiger partial charge in [0, 0.05) is 17.5 Å². The topological polar surface area (TPSA) is 79.7 Å². The number of anilines is 1. The minimum Gasteiger partial charge on any atom is -0.507 e. The van der Waals surface area contributed by atoms with Crippen LogP contribution in [0.2, 0.25) is 0 Å². The first-order valence-electron chi connectivity index (χ1n) is 11.5. The monoisotopic (exact) mass is 500 g/mol. The Hall–Kier alpha value is -4.04. The van der Waals surface area contributed by atoms with Crippen molar-refractivity contribution in [1.29, 1.82) is 0 Å². The number of amides is 1. The Bertz CT molecular complexity index is 1610. The number of carbonyl (C=O) groups is 2. The number of aliphatic hydroxyl groups excluding tert-OH is 1. The number of fused-ring (bicyclic) bond motifs is 2. The Morgan fingerprint density at radius 1 is 1.14 bits per heavy atom. The number of ether oxygens (including phenoxy) is 1. The van der Waals surface area contributed by atoms with E-state index < -0.39 is 23.5 Å². The lowest BCUT2D eigenvalue weighted by Crippen LogP contribution is -2.29. The first-order valence-corrected chi connectivity index (χ1v) is 12.4. The van der Waals surface area contributed by atoms with E-state index in [-0.39, 0.29) is 28.1 Å². The van der Waals surface area contributed by atoms with Crippen molar-refractivity contribution in [3.63, 3.8) is 0 Å². The van der Waals surface area contributed by atoms with Gasteiger partial charge in [-0.05, 0) is 61.4 Å². The fourth-order valence-corrected chi connectivity index (χ4v) is 5.96. The highest BCUT2D eigenvalue weighted by molar-refractivity contribution is 7.22. The second-order valence-corrected chi connectivity index (χ2v) is 10.1. The van der Waals surface area contributed by atoms with Crippen molar-refractivity contribution in [1.82, 2.24) is 4.98 Å². The molecule has 0 unspecified atom stereocenters. The molecule has 36 heavy (non-hydrogen) atoms. The van der Waals surface area contributed by atoms with Crippen molar-refractivity contribution in [3.05, 3.63) is 94.3 Å². The third-order valence-corrected chi connectivity index (χ3v) is 7.57. The van der Waals surface area contributed by atoms with E-state index in [9.17, 15) is 14.7 Å². The molecule has 1 amide bonds. The summed E-state index contributed by atoms with van der Waals surface area (Å²) >= 11 is 1.24. The Morgan fingerprint density at radius 2 is 1.94 bits per heavy atom. The third kappa shape index (κ3) is 3.48. The summed E-state index contributed by atoms with van der Waals surface area (Å²) in [6, 6.07) is 15.6. The van der Waals surface area contributed by atoms with E-state index in [1.54, 1.807) is 24.3 Å². The SMILES string of the molecule is Cc1ccc2nc(N3C(=O)C(=O)C(=C(O)c4ccc5c(c4)C[C@@H](C)O5)[C@H]3c3ccccc3F)sc2c1. The number of aromatic nitrogens is 1. The summed E-state index contributed by atoms with van der Waals surface area (Å²) in [6.45, 7) is 3.90. The molecular weight excluding hydrogens is 479 g/mol. The highest BCUT2D eigenvalue weighted by Gasteiger charge is 2.49. The van der Waals surface area contributed by atoms with Gasteiger partial charge in [-0.15, -0.1) is 0 Å². The molecule has 0 spiro atoms. The fraction of sp³-hybridized carbons (Fsp3) is 0.179. The van der Waals surface area contributed by atoms with Crippen molar-refractivity contribution >= 4 is 44.1 Å². The molecule has 0 saturated carbocycles. The lowest BCUT2D eigenvalue weighted by atomic mass is 9.94. The summed E-state index contributed by atoms with van der Waals surface area (Å²) in [6.07, 6.45) is 0.663. The third-order valence-electron chi connectivity index (χ3n) is 6.55. The number of Topliss-reactive ketones (excluding diaryl/α,β-unsaturated/α-hetero) is 1. The highest BCUT2D eigenvalue weighted by atomic mass is 32.1. The normalized spacial score (nSPS) is 20.7. The molecule has 2 aliphatic heterocycles. The average molecular weight is 501 g/mol. The second-order valence-electron chi connectivity index (χ2n) is 9.11. The summed E-state index contributed by atoms with van der Waals surface area (Å²) in [5.41, 5.74) is 2.89. The van der Waals surface area contributed by atoms with Gasteiger partial charge in [-0.1, -0.05) is 35.6 Å². The Labute approximate surface area is 210 Å². The number of benzene rings is 3. The number of nitrogens with zero attached hydrogens (tertiary/aromatic N) is 2. The lowest BCUT2D eigenvalue weighted by molar-refractivity contribution is -0.132. The Morgan fingerprint density at radius 3 is 2.75 bits per heavy atom. The van der Waals surface area contributed by atoms with Crippen molar-refractivity contribution < 1.29 is 23.8 Å². The van der Waals surface area contributed by atoms with Crippen LogP contribution in [0, 0.1) is 12.7 Å². The molecule has 2 aliphatic rings. The number of ketones is 1. The summed E-state index contributed by atoms with van der Waals surface area (Å²) in [7, 11) is 0. The number of hydrogen-bond acceptors (Lipinski definition) is 6. The molecule has 4 aromatic rings. The Balaban J connectivity index is 1.55. The molecule has 0 radical (unpaired) electrons. The predicted molar refractivity (Wildman–Crippen MR) is 136 cm³/mol. The van der Waals surface area contributed by atoms with Crippen LogP contribution < -0.4 is 9.64 Å². The van der Waals surface area contributed by atoms with E-state index in [4.69, 9.17) is 4.74 Å². The van der Waals surface area contributed by atoms with Gasteiger partial charge in [0.1, 0.15) is 29.5 Å². The number of halogens is 1. The zero-order valence-corrected chi connectivity index (χ0v) is 20.3. The maximum absolute atomic E-state index is 15.1. The van der Waals surface area contributed by atoms with Gasteiger partial charge in [-0.25, -0.2) is 9.37 Å². The van der Waals surface area contributed by atoms with Gasteiger partial charge in [-0.2, -0.15) is 0 Å². The summed E-state index contributed by atoms with van der Waals surface area (Å²) in [4.78, 5) is 32.5. The van der Waals surface area contributed by atoms with Gasteiger partial charge in [0.2, 0.25) is 0 Å². The Kier molecular flexibility index (Phi) is 5.15. The minimum absolute atomic E-state index is 0.00376. The van der Waals surface area contributed by atoms with Gasteiger partial charge < -0.3 is 9.84 Å². The molecule has 3 heterocycles. The van der Waals surface area contributed by atoms with Gasteiger partial charge in [-0.3, -0.25) is 14.5 Å². The van der Waals surface area contributed by atoms with Gasteiger partial charge in [0.05, 0.1) is 15.8 Å². The number of carbonyl (C=O) groups excluding carboxylic acids is 2. The first kappa shape index (κ1) is 22.4. The largest absolute Gasteiger partial charge is 0.507 e. The number of aliphatic hydroxyl groups is 1. The van der Waals surface area contributed by atoms with E-state index in [0.29, 0.717) is 17.5 Å². The molecule has 0 aliphatic carbocycles. The van der Waals surface area contributed by atoms with Crippen LogP contribution in [0.25, 0.3) is 16.0 Å². The van der Waals surface area contributed by atoms with Crippen LogP contribution in [0.5, 0.6) is 5.75 Å². The van der Waals surface area contributed by atoms with Crippen LogP contribution in [0.4, 0.5) is 9.52 Å². The maximum atomic E-state index is 15.1. The lowest BCUT2D eigenvalue weighted by Gasteiger charge is -2.23. The molecule has 1 aromatic heterocycles. The quantitative estimate of drug-likeness (QED) is 0.222. The van der Waals surface area contributed by atoms with E-state index in [0.717, 1.165) is 21.6 Å². The molecule has 180 valence electrons. The van der Waals surface area contributed by atoms with E-state index in [2.05, 4.69) is 4.98 Å². The number of rotatable bonds is 3. The van der Waals surface area contributed by atoms with Crippen LogP contribution in [0.15, 0.2) is 66.2 Å². The van der Waals surface area contributed by atoms with Crippen LogP contribution in [-0.4, -0.2) is 27.9 Å². The number of thiazole rings is 1. The highest BCUT2D eigenvalue weighted by Crippen LogP contribution is 2.45. The minimum atomic E-state index is -1.17. The fourth-order valence-electron chi connectivity index (χ4n) is 4.87. The van der Waals surface area contributed by atoms with Gasteiger partial charge in [0.15, 0.2) is 5.13 Å². The summed E-state index contributed by atoms with van der Waals surface area (Å²) in [5, 5.41) is 11.6. The molecule has 6 nitrogen and oxygen atoms in total. The van der Waals surface area contributed by atoms with Crippen molar-refractivity contribution in [2.45, 2.75) is 32.4 Å². The molecular formula is C28H21FN2O4S. The van der Waals surface area contributed by atoms with Crippen LogP contribution in [-0.2, 0) is 16.0 Å². The molecule has 1 fully saturated rings. The van der Waals surface area contributed by atoms with E-state index in [1.807, 2.05) is 32.0 Å².